The Bertz CT molecular complexity index is 1570. The van der Waals surface area contributed by atoms with Gasteiger partial charge in [0.2, 0.25) is 17.5 Å². The van der Waals surface area contributed by atoms with Crippen molar-refractivity contribution in [3.05, 3.63) is 34.5 Å². The van der Waals surface area contributed by atoms with E-state index in [1.807, 2.05) is 0 Å². The van der Waals surface area contributed by atoms with Crippen LogP contribution in [-0.4, -0.2) is 124 Å². The van der Waals surface area contributed by atoms with Crippen LogP contribution in [0.1, 0.15) is 6.92 Å². The van der Waals surface area contributed by atoms with E-state index in [1.54, 1.807) is 0 Å². The molecule has 17 heteroatoms. The zero-order valence-electron chi connectivity index (χ0n) is 22.7. The Kier molecular flexibility index (Phi) is 8.51. The van der Waals surface area contributed by atoms with Gasteiger partial charge in [-0.15, -0.1) is 0 Å². The highest BCUT2D eigenvalue weighted by Gasteiger charge is 2.51. The first-order chi connectivity index (χ1) is 20.7. The molecule has 0 unspecified atom stereocenters. The van der Waals surface area contributed by atoms with Gasteiger partial charge in [-0.2, -0.15) is 0 Å². The predicted octanol–water partition coefficient (Wildman–Crippen LogP) is -1.98. The highest BCUT2D eigenvalue weighted by Crippen LogP contribution is 2.43. The van der Waals surface area contributed by atoms with Gasteiger partial charge >= 0.3 is 0 Å². The maximum atomic E-state index is 13.7. The van der Waals surface area contributed by atoms with Crippen molar-refractivity contribution in [1.29, 1.82) is 0 Å². The van der Waals surface area contributed by atoms with Gasteiger partial charge < -0.3 is 79.5 Å². The summed E-state index contributed by atoms with van der Waals surface area (Å²) in [6.45, 7) is 0.488. The van der Waals surface area contributed by atoms with Crippen LogP contribution < -0.4 is 10.2 Å². The Morgan fingerprint density at radius 3 is 2.07 bits per heavy atom. The van der Waals surface area contributed by atoms with Gasteiger partial charge in [0.15, 0.2) is 35.4 Å². The van der Waals surface area contributed by atoms with Crippen molar-refractivity contribution in [2.24, 2.45) is 0 Å². The SMILES string of the molecule is C[C@H]1O[C@@H](O[C@H]2[C@H](Oc3c(-c4cc(O)c(O)c(O)c4)oc4cc(O)cc(O)c4c3=O)O[C@H](CO)[C@@H](O)[C@@H]2O)[C@@H](O)[C@@H](O)[C@@H]1O. The van der Waals surface area contributed by atoms with Gasteiger partial charge in [-0.3, -0.25) is 4.79 Å². The molecule has 17 nitrogen and oxygen atoms in total. The predicted molar refractivity (Wildman–Crippen MR) is 142 cm³/mol. The first kappa shape index (κ1) is 31.5. The number of fused-ring (bicyclic) bond motifs is 1. The van der Waals surface area contributed by atoms with Gasteiger partial charge in [0, 0.05) is 17.7 Å². The highest BCUT2D eigenvalue weighted by atomic mass is 16.8. The molecule has 2 fully saturated rings. The van der Waals surface area contributed by atoms with E-state index < -0.39 is 119 Å². The second-order valence-corrected chi connectivity index (χ2v) is 10.4. The molecule has 1 aromatic heterocycles. The second kappa shape index (κ2) is 11.9. The number of phenolic OH excluding ortho intramolecular Hbond substituents is 5. The van der Waals surface area contributed by atoms with Crippen LogP contribution in [-0.2, 0) is 14.2 Å². The minimum absolute atomic E-state index is 0.279. The number of ether oxygens (including phenoxy) is 4. The molecule has 0 radical (unpaired) electrons. The number of hydrogen-bond acceptors (Lipinski definition) is 17. The Morgan fingerprint density at radius 1 is 0.773 bits per heavy atom. The third kappa shape index (κ3) is 5.45. The smallest absolute Gasteiger partial charge is 0.239 e. The number of hydrogen-bond donors (Lipinski definition) is 11. The molecule has 2 aliphatic rings. The molecule has 3 heterocycles. The average molecular weight is 627 g/mol. The minimum Gasteiger partial charge on any atom is -0.508 e. The summed E-state index contributed by atoms with van der Waals surface area (Å²) in [7, 11) is 0. The Labute approximate surface area is 246 Å². The van der Waals surface area contributed by atoms with Gasteiger partial charge in [-0.1, -0.05) is 0 Å². The van der Waals surface area contributed by atoms with E-state index in [4.69, 9.17) is 23.4 Å². The van der Waals surface area contributed by atoms with Gasteiger partial charge in [0.1, 0.15) is 59.1 Å². The van der Waals surface area contributed by atoms with Crippen LogP contribution in [0.4, 0.5) is 0 Å². The van der Waals surface area contributed by atoms with Crippen LogP contribution in [0.5, 0.6) is 34.5 Å². The fraction of sp³-hybridized carbons (Fsp3) is 0.444. The lowest BCUT2D eigenvalue weighted by molar-refractivity contribution is -0.354. The van der Waals surface area contributed by atoms with Gasteiger partial charge in [0.25, 0.3) is 0 Å². The molecule has 0 aliphatic carbocycles. The molecule has 0 spiro atoms. The molecular weight excluding hydrogens is 596 g/mol. The van der Waals surface area contributed by atoms with Crippen molar-refractivity contribution >= 4 is 11.0 Å². The van der Waals surface area contributed by atoms with E-state index in [0.29, 0.717) is 0 Å². The van der Waals surface area contributed by atoms with Crippen molar-refractivity contribution in [2.75, 3.05) is 6.61 Å². The van der Waals surface area contributed by atoms with Crippen LogP contribution in [0, 0.1) is 0 Å². The zero-order valence-corrected chi connectivity index (χ0v) is 22.7. The van der Waals surface area contributed by atoms with Crippen molar-refractivity contribution in [2.45, 2.75) is 68.3 Å². The van der Waals surface area contributed by atoms with Crippen LogP contribution in [0.15, 0.2) is 33.5 Å². The van der Waals surface area contributed by atoms with Crippen molar-refractivity contribution in [3.63, 3.8) is 0 Å². The van der Waals surface area contributed by atoms with Gasteiger partial charge in [-0.25, -0.2) is 0 Å². The largest absolute Gasteiger partial charge is 0.508 e. The number of aromatic hydroxyl groups is 5. The van der Waals surface area contributed by atoms with E-state index in [2.05, 4.69) is 0 Å². The number of aliphatic hydroxyl groups is 6. The highest BCUT2D eigenvalue weighted by molar-refractivity contribution is 5.88. The molecule has 2 aliphatic heterocycles. The van der Waals surface area contributed by atoms with Gasteiger partial charge in [-0.05, 0) is 19.1 Å². The molecule has 0 saturated carbocycles. The third-order valence-corrected chi connectivity index (χ3v) is 7.41. The van der Waals surface area contributed by atoms with Crippen LogP contribution >= 0.6 is 0 Å². The Hall–Kier alpha value is -3.91. The summed E-state index contributed by atoms with van der Waals surface area (Å²) < 4.78 is 28.2. The first-order valence-electron chi connectivity index (χ1n) is 13.2. The normalized spacial score (nSPS) is 32.5. The molecule has 240 valence electrons. The fourth-order valence-corrected chi connectivity index (χ4v) is 4.99. The molecule has 5 rings (SSSR count). The summed E-state index contributed by atoms with van der Waals surface area (Å²) in [6.07, 6.45) is -17.1. The van der Waals surface area contributed by atoms with E-state index >= 15 is 0 Å². The van der Waals surface area contributed by atoms with E-state index in [-0.39, 0.29) is 11.1 Å². The Balaban J connectivity index is 1.64. The standard InChI is InChI=1S/C27H30O17/c1-7-16(33)20(37)22(39)26(40-7)44-25-21(38)18(35)14(6-28)42-27(25)43-24-19(36)15-10(30)4-9(29)5-13(15)41-23(24)8-2-11(31)17(34)12(32)3-8/h2-5,7,14,16,18,20-22,25-35,37-39H,6H2,1H3/t7-,14-,16-,18-,20+,21+,22+,25-,26+,27+/m1/s1. The molecule has 3 aromatic rings. The summed E-state index contributed by atoms with van der Waals surface area (Å²) in [6, 6.07) is 3.55. The van der Waals surface area contributed by atoms with Crippen LogP contribution in [0.25, 0.3) is 22.3 Å². The summed E-state index contributed by atoms with van der Waals surface area (Å²) >= 11 is 0. The fourth-order valence-electron chi connectivity index (χ4n) is 4.99. The first-order valence-corrected chi connectivity index (χ1v) is 13.2. The van der Waals surface area contributed by atoms with Gasteiger partial charge in [0.05, 0.1) is 12.7 Å². The number of phenols is 5. The van der Waals surface area contributed by atoms with Crippen molar-refractivity contribution < 1.29 is 79.5 Å². The topological polar surface area (TPSA) is 290 Å². The molecule has 2 aromatic carbocycles. The second-order valence-electron chi connectivity index (χ2n) is 10.4. The molecule has 0 bridgehead atoms. The molecule has 11 N–H and O–H groups in total. The lowest BCUT2D eigenvalue weighted by Gasteiger charge is -2.45. The molecule has 0 amide bonds. The maximum Gasteiger partial charge on any atom is 0.239 e. The van der Waals surface area contributed by atoms with Crippen LogP contribution in [0.2, 0.25) is 0 Å². The molecular formula is C27H30O17. The quantitative estimate of drug-likeness (QED) is 0.132. The monoisotopic (exact) mass is 626 g/mol. The lowest BCUT2D eigenvalue weighted by Crippen LogP contribution is -2.64. The number of rotatable bonds is 6. The molecule has 2 saturated heterocycles. The summed E-state index contributed by atoms with van der Waals surface area (Å²) in [5, 5.41) is 112. The Morgan fingerprint density at radius 2 is 1.43 bits per heavy atom. The summed E-state index contributed by atoms with van der Waals surface area (Å²) in [5.41, 5.74) is -1.78. The molecule has 44 heavy (non-hydrogen) atoms. The average Bonchev–Trinajstić information content (AvgIpc) is 2.97. The zero-order chi connectivity index (χ0) is 32.2. The maximum absolute atomic E-state index is 13.7. The summed E-state index contributed by atoms with van der Waals surface area (Å²) in [4.78, 5) is 13.7. The minimum atomic E-state index is -1.95. The van der Waals surface area contributed by atoms with E-state index in [0.717, 1.165) is 24.3 Å². The lowest BCUT2D eigenvalue weighted by atomic mass is 9.97. The van der Waals surface area contributed by atoms with Crippen LogP contribution in [0.3, 0.4) is 0 Å². The number of benzene rings is 2. The number of aliphatic hydroxyl groups excluding tert-OH is 6. The third-order valence-electron chi connectivity index (χ3n) is 7.41. The van der Waals surface area contributed by atoms with Crippen molar-refractivity contribution in [3.8, 4) is 45.8 Å². The summed E-state index contributed by atoms with van der Waals surface area (Å²) in [5.74, 6) is -5.23. The molecule has 10 atom stereocenters. The van der Waals surface area contributed by atoms with E-state index in [9.17, 15) is 61.0 Å². The van der Waals surface area contributed by atoms with Crippen molar-refractivity contribution in [1.82, 2.24) is 0 Å². The van der Waals surface area contributed by atoms with E-state index in [1.165, 1.54) is 6.92 Å².